The van der Waals surface area contributed by atoms with Crippen molar-refractivity contribution in [1.82, 2.24) is 19.8 Å². The zero-order valence-electron chi connectivity index (χ0n) is 28.5. The predicted molar refractivity (Wildman–Crippen MR) is 170 cm³/mol. The number of amides is 1. The number of aliphatic carboxylic acids is 1. The van der Waals surface area contributed by atoms with Crippen molar-refractivity contribution in [3.05, 3.63) is 18.2 Å². The second-order valence-corrected chi connectivity index (χ2v) is 13.9. The van der Waals surface area contributed by atoms with Gasteiger partial charge < -0.3 is 29.4 Å². The summed E-state index contributed by atoms with van der Waals surface area (Å²) in [5.41, 5.74) is -1.67. The van der Waals surface area contributed by atoms with E-state index in [9.17, 15) is 19.2 Å². The lowest BCUT2D eigenvalue weighted by atomic mass is 9.93. The Labute approximate surface area is 264 Å². The highest BCUT2D eigenvalue weighted by Gasteiger charge is 2.28. The van der Waals surface area contributed by atoms with Crippen LogP contribution in [0.1, 0.15) is 125 Å². The normalized spacial score (nSPS) is 13.3. The SMILES string of the molecule is CCC(C)(Cc1nccn1CC(=O)N(CC(=O)OC(C)(C)C)CC(=O)OC(C)(C)C)NCCCCCCCCCCC(=O)O. The number of nitrogens with zero attached hydrogens (tertiary/aromatic N) is 3. The van der Waals surface area contributed by atoms with E-state index in [4.69, 9.17) is 14.6 Å². The van der Waals surface area contributed by atoms with E-state index >= 15 is 0 Å². The van der Waals surface area contributed by atoms with Crippen molar-refractivity contribution >= 4 is 23.8 Å². The minimum atomic E-state index is -0.725. The first-order valence-electron chi connectivity index (χ1n) is 16.1. The Morgan fingerprint density at radius 1 is 0.841 bits per heavy atom. The first-order chi connectivity index (χ1) is 20.4. The predicted octanol–water partition coefficient (Wildman–Crippen LogP) is 5.29. The minimum Gasteiger partial charge on any atom is -0.481 e. The van der Waals surface area contributed by atoms with Crippen molar-refractivity contribution in [2.75, 3.05) is 19.6 Å². The maximum atomic E-state index is 13.4. The molecular weight excluding hydrogens is 564 g/mol. The number of nitrogens with one attached hydrogen (secondary N) is 1. The highest BCUT2D eigenvalue weighted by molar-refractivity contribution is 5.86. The second kappa shape index (κ2) is 18.8. The third-order valence-corrected chi connectivity index (χ3v) is 7.14. The molecule has 0 fully saturated rings. The van der Waals surface area contributed by atoms with Crippen LogP contribution in [0.3, 0.4) is 0 Å². The number of ether oxygens (including phenoxy) is 2. The molecule has 1 unspecified atom stereocenters. The van der Waals surface area contributed by atoms with Crippen LogP contribution in [0.2, 0.25) is 0 Å². The number of rotatable bonds is 21. The molecule has 1 rings (SSSR count). The molecule has 252 valence electrons. The van der Waals surface area contributed by atoms with E-state index in [-0.39, 0.29) is 31.6 Å². The molecule has 0 radical (unpaired) electrons. The molecule has 11 nitrogen and oxygen atoms in total. The topological polar surface area (TPSA) is 140 Å². The summed E-state index contributed by atoms with van der Waals surface area (Å²) in [6.07, 6.45) is 13.7. The summed E-state index contributed by atoms with van der Waals surface area (Å²) < 4.78 is 12.6. The minimum absolute atomic E-state index is 0.0724. The summed E-state index contributed by atoms with van der Waals surface area (Å²) in [6.45, 7) is 14.8. The van der Waals surface area contributed by atoms with E-state index in [1.54, 1.807) is 58.5 Å². The lowest BCUT2D eigenvalue weighted by Gasteiger charge is -2.30. The summed E-state index contributed by atoms with van der Waals surface area (Å²) in [5, 5.41) is 12.4. The highest BCUT2D eigenvalue weighted by atomic mass is 16.6. The third kappa shape index (κ3) is 18.0. The Morgan fingerprint density at radius 3 is 1.82 bits per heavy atom. The Balaban J connectivity index is 2.70. The van der Waals surface area contributed by atoms with Gasteiger partial charge in [0, 0.05) is 30.8 Å². The van der Waals surface area contributed by atoms with Crippen LogP contribution in [-0.2, 0) is 41.6 Å². The molecule has 44 heavy (non-hydrogen) atoms. The number of unbranched alkanes of at least 4 members (excludes halogenated alkanes) is 7. The molecule has 1 aromatic rings. The van der Waals surface area contributed by atoms with Gasteiger partial charge in [0.2, 0.25) is 5.91 Å². The lowest BCUT2D eigenvalue weighted by molar-refractivity contribution is -0.164. The largest absolute Gasteiger partial charge is 0.481 e. The maximum Gasteiger partial charge on any atom is 0.326 e. The number of esters is 2. The second-order valence-electron chi connectivity index (χ2n) is 13.9. The van der Waals surface area contributed by atoms with E-state index in [1.165, 1.54) is 17.7 Å². The van der Waals surface area contributed by atoms with Gasteiger partial charge in [-0.3, -0.25) is 19.2 Å². The van der Waals surface area contributed by atoms with Gasteiger partial charge in [-0.15, -0.1) is 0 Å². The first kappa shape index (κ1) is 39.1. The van der Waals surface area contributed by atoms with Crippen LogP contribution < -0.4 is 5.32 Å². The van der Waals surface area contributed by atoms with Crippen LogP contribution in [0.5, 0.6) is 0 Å². The number of carboxylic acids is 1. The molecule has 0 aromatic carbocycles. The fraction of sp³-hybridized carbons (Fsp3) is 0.788. The van der Waals surface area contributed by atoms with Gasteiger partial charge in [0.15, 0.2) is 0 Å². The van der Waals surface area contributed by atoms with E-state index < -0.39 is 35.0 Å². The number of aromatic nitrogens is 2. The number of imidazole rings is 1. The van der Waals surface area contributed by atoms with Crippen LogP contribution in [0.4, 0.5) is 0 Å². The molecular formula is C33H58N4O7. The van der Waals surface area contributed by atoms with Crippen molar-refractivity contribution in [2.24, 2.45) is 0 Å². The Bertz CT molecular complexity index is 1010. The molecule has 2 N–H and O–H groups in total. The average Bonchev–Trinajstić information content (AvgIpc) is 3.30. The fourth-order valence-corrected chi connectivity index (χ4v) is 4.70. The lowest BCUT2D eigenvalue weighted by Crippen LogP contribution is -2.46. The smallest absolute Gasteiger partial charge is 0.326 e. The Hall–Kier alpha value is -2.95. The molecule has 0 saturated heterocycles. The number of hydrogen-bond acceptors (Lipinski definition) is 8. The molecule has 0 aliphatic heterocycles. The molecule has 1 aromatic heterocycles. The maximum absolute atomic E-state index is 13.4. The van der Waals surface area contributed by atoms with Gasteiger partial charge in [0.1, 0.15) is 36.7 Å². The van der Waals surface area contributed by atoms with Crippen LogP contribution in [-0.4, -0.2) is 79.7 Å². The zero-order chi connectivity index (χ0) is 33.4. The molecule has 0 saturated carbocycles. The van der Waals surface area contributed by atoms with E-state index in [1.807, 2.05) is 0 Å². The number of carbonyl (C=O) groups is 4. The van der Waals surface area contributed by atoms with Crippen molar-refractivity contribution in [3.63, 3.8) is 0 Å². The van der Waals surface area contributed by atoms with Crippen LogP contribution in [0, 0.1) is 0 Å². The van der Waals surface area contributed by atoms with Crippen LogP contribution >= 0.6 is 0 Å². The van der Waals surface area contributed by atoms with Gasteiger partial charge in [-0.25, -0.2) is 4.98 Å². The summed E-state index contributed by atoms with van der Waals surface area (Å²) in [5.74, 6) is -1.58. The van der Waals surface area contributed by atoms with Crippen molar-refractivity contribution in [1.29, 1.82) is 0 Å². The van der Waals surface area contributed by atoms with Crippen molar-refractivity contribution in [2.45, 2.75) is 149 Å². The summed E-state index contributed by atoms with van der Waals surface area (Å²) >= 11 is 0. The van der Waals surface area contributed by atoms with Gasteiger partial charge in [0.05, 0.1) is 0 Å². The number of carbonyl (C=O) groups excluding carboxylic acids is 3. The average molecular weight is 623 g/mol. The van der Waals surface area contributed by atoms with E-state index in [0.29, 0.717) is 6.42 Å². The van der Waals surface area contributed by atoms with Crippen LogP contribution in [0.25, 0.3) is 0 Å². The summed E-state index contributed by atoms with van der Waals surface area (Å²) in [7, 11) is 0. The number of carboxylic acid groups (broad SMARTS) is 1. The Kier molecular flexibility index (Phi) is 16.7. The van der Waals surface area contributed by atoms with Crippen LogP contribution in [0.15, 0.2) is 12.4 Å². The Morgan fingerprint density at radius 2 is 1.34 bits per heavy atom. The number of hydrogen-bond donors (Lipinski definition) is 2. The van der Waals surface area contributed by atoms with Gasteiger partial charge in [0.25, 0.3) is 0 Å². The molecule has 0 aliphatic carbocycles. The molecule has 1 amide bonds. The first-order valence-corrected chi connectivity index (χ1v) is 16.1. The van der Waals surface area contributed by atoms with Gasteiger partial charge in [-0.2, -0.15) is 0 Å². The monoisotopic (exact) mass is 622 g/mol. The summed E-state index contributed by atoms with van der Waals surface area (Å²) in [4.78, 5) is 54.9. The van der Waals surface area contributed by atoms with Crippen molar-refractivity contribution in [3.8, 4) is 0 Å². The van der Waals surface area contributed by atoms with Crippen molar-refractivity contribution < 1.29 is 33.8 Å². The highest BCUT2D eigenvalue weighted by Crippen LogP contribution is 2.18. The van der Waals surface area contributed by atoms with Gasteiger partial charge in [-0.05, 0) is 74.3 Å². The molecule has 0 spiro atoms. The molecule has 0 bridgehead atoms. The molecule has 1 atom stereocenters. The fourth-order valence-electron chi connectivity index (χ4n) is 4.70. The standard InChI is InChI=1S/C33H58N4O7/c1-9-33(8,35-19-17-15-13-11-10-12-14-16-18-28(39)40)22-26-34-20-21-36(26)23-27(38)37(24-29(41)43-31(2,3)4)25-30(42)44-32(5,6)7/h20-21,35H,9-19,22-25H2,1-8H3,(H,39,40). The van der Waals surface area contributed by atoms with Gasteiger partial charge in [-0.1, -0.05) is 45.4 Å². The summed E-state index contributed by atoms with van der Waals surface area (Å²) in [6, 6.07) is 0. The molecule has 11 heteroatoms. The van der Waals surface area contributed by atoms with E-state index in [0.717, 1.165) is 57.3 Å². The van der Waals surface area contributed by atoms with E-state index in [2.05, 4.69) is 24.1 Å². The third-order valence-electron chi connectivity index (χ3n) is 7.14. The quantitative estimate of drug-likeness (QED) is 0.138. The molecule has 1 heterocycles. The zero-order valence-corrected chi connectivity index (χ0v) is 28.5. The van der Waals surface area contributed by atoms with Gasteiger partial charge >= 0.3 is 17.9 Å². The molecule has 0 aliphatic rings.